The van der Waals surface area contributed by atoms with E-state index >= 15 is 0 Å². The zero-order chi connectivity index (χ0) is 13.0. The van der Waals surface area contributed by atoms with Crippen molar-refractivity contribution in [3.05, 3.63) is 52.2 Å². The summed E-state index contributed by atoms with van der Waals surface area (Å²) >= 11 is 1.45. The maximum Gasteiger partial charge on any atom is 0.265 e. The minimum Gasteiger partial charge on any atom is -0.321 e. The van der Waals surface area contributed by atoms with Crippen LogP contribution in [0.5, 0.6) is 0 Å². The highest BCUT2D eigenvalue weighted by Gasteiger charge is 2.07. The van der Waals surface area contributed by atoms with Gasteiger partial charge in [0.1, 0.15) is 0 Å². The summed E-state index contributed by atoms with van der Waals surface area (Å²) in [6, 6.07) is 11.8. The van der Waals surface area contributed by atoms with Crippen molar-refractivity contribution in [3.63, 3.8) is 0 Å². The van der Waals surface area contributed by atoms with Crippen molar-refractivity contribution in [2.75, 3.05) is 5.32 Å². The predicted octanol–water partition coefficient (Wildman–Crippen LogP) is 4.51. The molecule has 0 aliphatic rings. The van der Waals surface area contributed by atoms with Crippen LogP contribution in [0.4, 0.5) is 5.69 Å². The Hall–Kier alpha value is -1.61. The van der Waals surface area contributed by atoms with E-state index in [4.69, 9.17) is 0 Å². The molecule has 0 aliphatic heterocycles. The van der Waals surface area contributed by atoms with Gasteiger partial charge in [-0.25, -0.2) is 0 Å². The number of anilines is 1. The zero-order valence-electron chi connectivity index (χ0n) is 10.6. The number of nitrogens with one attached hydrogen (secondary N) is 1. The Morgan fingerprint density at radius 2 is 2.00 bits per heavy atom. The molecule has 1 amide bonds. The topological polar surface area (TPSA) is 29.1 Å². The van der Waals surface area contributed by atoms with Crippen LogP contribution < -0.4 is 5.32 Å². The molecule has 94 valence electrons. The standard InChI is InChI=1S/C15H17NOS/c1-3-11(2)12-6-8-13(9-7-12)16-15(17)14-5-4-10-18-14/h4-11H,3H2,1-2H3,(H,16,17)/t11-/m0/s1. The lowest BCUT2D eigenvalue weighted by Crippen LogP contribution is -2.09. The number of amides is 1. The van der Waals surface area contributed by atoms with E-state index < -0.39 is 0 Å². The van der Waals surface area contributed by atoms with Crippen LogP contribution in [0.15, 0.2) is 41.8 Å². The lowest BCUT2D eigenvalue weighted by molar-refractivity contribution is 0.103. The summed E-state index contributed by atoms with van der Waals surface area (Å²) in [4.78, 5) is 12.6. The van der Waals surface area contributed by atoms with Gasteiger partial charge < -0.3 is 5.32 Å². The third kappa shape index (κ3) is 2.99. The highest BCUT2D eigenvalue weighted by Crippen LogP contribution is 2.21. The molecule has 0 radical (unpaired) electrons. The molecular weight excluding hydrogens is 242 g/mol. The van der Waals surface area contributed by atoms with Crippen LogP contribution >= 0.6 is 11.3 Å². The van der Waals surface area contributed by atoms with E-state index in [0.717, 1.165) is 17.0 Å². The zero-order valence-corrected chi connectivity index (χ0v) is 11.5. The van der Waals surface area contributed by atoms with Crippen molar-refractivity contribution in [1.29, 1.82) is 0 Å². The van der Waals surface area contributed by atoms with E-state index in [-0.39, 0.29) is 5.91 Å². The highest BCUT2D eigenvalue weighted by atomic mass is 32.1. The summed E-state index contributed by atoms with van der Waals surface area (Å²) in [5.74, 6) is 0.522. The van der Waals surface area contributed by atoms with Crippen molar-refractivity contribution in [2.24, 2.45) is 0 Å². The second kappa shape index (κ2) is 5.83. The number of hydrogen-bond acceptors (Lipinski definition) is 2. The second-order valence-electron chi connectivity index (χ2n) is 4.36. The Bertz CT molecular complexity index is 502. The van der Waals surface area contributed by atoms with Gasteiger partial charge in [0.15, 0.2) is 0 Å². The number of hydrogen-bond donors (Lipinski definition) is 1. The van der Waals surface area contributed by atoms with Gasteiger partial charge in [-0.1, -0.05) is 32.0 Å². The summed E-state index contributed by atoms with van der Waals surface area (Å²) in [6.45, 7) is 4.39. The average molecular weight is 259 g/mol. The molecule has 3 heteroatoms. The van der Waals surface area contributed by atoms with E-state index in [1.165, 1.54) is 16.9 Å². The van der Waals surface area contributed by atoms with Crippen LogP contribution in [0.1, 0.15) is 41.4 Å². The molecule has 1 aromatic carbocycles. The molecule has 1 aromatic heterocycles. The maximum atomic E-state index is 11.8. The Kier molecular flexibility index (Phi) is 4.15. The third-order valence-corrected chi connectivity index (χ3v) is 3.96. The Morgan fingerprint density at radius 1 is 1.28 bits per heavy atom. The summed E-state index contributed by atoms with van der Waals surface area (Å²) in [5.41, 5.74) is 2.16. The second-order valence-corrected chi connectivity index (χ2v) is 5.31. The molecule has 0 bridgehead atoms. The first-order valence-corrected chi connectivity index (χ1v) is 7.03. The van der Waals surface area contributed by atoms with Crippen molar-refractivity contribution in [3.8, 4) is 0 Å². The molecule has 1 atom stereocenters. The smallest absolute Gasteiger partial charge is 0.265 e. The molecule has 0 unspecified atom stereocenters. The SMILES string of the molecule is CC[C@H](C)c1ccc(NC(=O)c2cccs2)cc1. The molecule has 2 rings (SSSR count). The Morgan fingerprint density at radius 3 is 2.56 bits per heavy atom. The number of rotatable bonds is 4. The van der Waals surface area contributed by atoms with Gasteiger partial charge in [0.25, 0.3) is 5.91 Å². The van der Waals surface area contributed by atoms with E-state index in [1.807, 2.05) is 29.6 Å². The fourth-order valence-corrected chi connectivity index (χ4v) is 2.35. The first kappa shape index (κ1) is 12.8. The maximum absolute atomic E-state index is 11.8. The minimum atomic E-state index is -0.0405. The molecular formula is C15H17NOS. The van der Waals surface area contributed by atoms with Crippen LogP contribution in [0, 0.1) is 0 Å². The lowest BCUT2D eigenvalue weighted by Gasteiger charge is -2.10. The van der Waals surface area contributed by atoms with Crippen molar-refractivity contribution >= 4 is 22.9 Å². The van der Waals surface area contributed by atoms with Crippen LogP contribution in [-0.2, 0) is 0 Å². The summed E-state index contributed by atoms with van der Waals surface area (Å²) in [7, 11) is 0. The third-order valence-electron chi connectivity index (χ3n) is 3.09. The first-order valence-electron chi connectivity index (χ1n) is 6.15. The molecule has 0 saturated heterocycles. The molecule has 0 saturated carbocycles. The fourth-order valence-electron chi connectivity index (χ4n) is 1.73. The number of benzene rings is 1. The summed E-state index contributed by atoms with van der Waals surface area (Å²) < 4.78 is 0. The minimum absolute atomic E-state index is 0.0405. The van der Waals surface area contributed by atoms with E-state index in [9.17, 15) is 4.79 Å². The van der Waals surface area contributed by atoms with Gasteiger partial charge in [0.2, 0.25) is 0 Å². The Balaban J connectivity index is 2.04. The van der Waals surface area contributed by atoms with Gasteiger partial charge in [-0.15, -0.1) is 11.3 Å². The van der Waals surface area contributed by atoms with E-state index in [2.05, 4.69) is 31.3 Å². The van der Waals surface area contributed by atoms with Gasteiger partial charge in [0.05, 0.1) is 4.88 Å². The number of carbonyl (C=O) groups excluding carboxylic acids is 1. The summed E-state index contributed by atoms with van der Waals surface area (Å²) in [5, 5.41) is 4.80. The quantitative estimate of drug-likeness (QED) is 0.859. The number of thiophene rings is 1. The van der Waals surface area contributed by atoms with E-state index in [1.54, 1.807) is 0 Å². The predicted molar refractivity (Wildman–Crippen MR) is 77.4 cm³/mol. The van der Waals surface area contributed by atoms with E-state index in [0.29, 0.717) is 5.92 Å². The Labute approximate surface area is 112 Å². The van der Waals surface area contributed by atoms with Gasteiger partial charge in [-0.2, -0.15) is 0 Å². The molecule has 18 heavy (non-hydrogen) atoms. The molecule has 1 heterocycles. The van der Waals surface area contributed by atoms with Crippen LogP contribution in [0.3, 0.4) is 0 Å². The largest absolute Gasteiger partial charge is 0.321 e. The molecule has 1 N–H and O–H groups in total. The van der Waals surface area contributed by atoms with Crippen LogP contribution in [0.2, 0.25) is 0 Å². The molecule has 0 spiro atoms. The monoisotopic (exact) mass is 259 g/mol. The molecule has 0 fully saturated rings. The van der Waals surface area contributed by atoms with Gasteiger partial charge in [-0.3, -0.25) is 4.79 Å². The normalized spacial score (nSPS) is 12.1. The van der Waals surface area contributed by atoms with Gasteiger partial charge >= 0.3 is 0 Å². The van der Waals surface area contributed by atoms with Gasteiger partial charge in [-0.05, 0) is 41.5 Å². The molecule has 0 aliphatic carbocycles. The molecule has 2 aromatic rings. The number of carbonyl (C=O) groups is 1. The lowest BCUT2D eigenvalue weighted by atomic mass is 9.99. The van der Waals surface area contributed by atoms with Gasteiger partial charge in [0, 0.05) is 5.69 Å². The highest BCUT2D eigenvalue weighted by molar-refractivity contribution is 7.12. The van der Waals surface area contributed by atoms with Crippen molar-refractivity contribution in [1.82, 2.24) is 0 Å². The summed E-state index contributed by atoms with van der Waals surface area (Å²) in [6.07, 6.45) is 1.13. The van der Waals surface area contributed by atoms with Crippen LogP contribution in [-0.4, -0.2) is 5.91 Å². The first-order chi connectivity index (χ1) is 8.70. The van der Waals surface area contributed by atoms with Crippen molar-refractivity contribution in [2.45, 2.75) is 26.2 Å². The van der Waals surface area contributed by atoms with Crippen LogP contribution in [0.25, 0.3) is 0 Å². The average Bonchev–Trinajstić information content (AvgIpc) is 2.92. The fraction of sp³-hybridized carbons (Fsp3) is 0.267. The molecule has 2 nitrogen and oxygen atoms in total. The van der Waals surface area contributed by atoms with Crippen molar-refractivity contribution < 1.29 is 4.79 Å².